The summed E-state index contributed by atoms with van der Waals surface area (Å²) in [5.41, 5.74) is 3.41. The van der Waals surface area contributed by atoms with Crippen molar-refractivity contribution in [3.63, 3.8) is 0 Å². The maximum Gasteiger partial charge on any atom is 0.243 e. The lowest BCUT2D eigenvalue weighted by Gasteiger charge is -2.17. The van der Waals surface area contributed by atoms with Crippen molar-refractivity contribution in [2.24, 2.45) is 0 Å². The Bertz CT molecular complexity index is 1040. The van der Waals surface area contributed by atoms with E-state index in [1.165, 1.54) is 13.1 Å². The van der Waals surface area contributed by atoms with Crippen LogP contribution < -0.4 is 10.6 Å². The number of amides is 2. The number of hydrogen-bond acceptors (Lipinski definition) is 4. The third kappa shape index (κ3) is 6.12. The standard InChI is InChI=1S/C20H24BrN3O4S/c1-13-5-7-17(10-14(13)2)29(27,28)24(4)12-20(26)22-11-19(25)23-16-6-8-18(21)15(3)9-16/h5-10H,11-12H2,1-4H3,(H,22,26)(H,23,25). The molecule has 0 saturated carbocycles. The van der Waals surface area contributed by atoms with E-state index in [1.54, 1.807) is 24.3 Å². The van der Waals surface area contributed by atoms with Gasteiger partial charge in [0.25, 0.3) is 0 Å². The minimum Gasteiger partial charge on any atom is -0.346 e. The first-order chi connectivity index (χ1) is 13.5. The molecule has 156 valence electrons. The maximum absolute atomic E-state index is 12.6. The van der Waals surface area contributed by atoms with Crippen LogP contribution in [0.2, 0.25) is 0 Å². The van der Waals surface area contributed by atoms with Gasteiger partial charge in [-0.1, -0.05) is 22.0 Å². The van der Waals surface area contributed by atoms with Crippen LogP contribution in [0.4, 0.5) is 5.69 Å². The largest absolute Gasteiger partial charge is 0.346 e. The fourth-order valence-electron chi connectivity index (χ4n) is 2.50. The van der Waals surface area contributed by atoms with Crippen molar-refractivity contribution in [2.75, 3.05) is 25.5 Å². The van der Waals surface area contributed by atoms with Gasteiger partial charge in [-0.2, -0.15) is 4.31 Å². The zero-order valence-corrected chi connectivity index (χ0v) is 19.1. The van der Waals surface area contributed by atoms with Crippen LogP contribution in [-0.4, -0.2) is 44.7 Å². The molecule has 2 aromatic rings. The number of carbonyl (C=O) groups is 2. The van der Waals surface area contributed by atoms with Crippen LogP contribution in [0.1, 0.15) is 16.7 Å². The average Bonchev–Trinajstić information content (AvgIpc) is 2.65. The molecule has 0 fully saturated rings. The fraction of sp³-hybridized carbons (Fsp3) is 0.300. The minimum atomic E-state index is -3.80. The number of hydrogen-bond donors (Lipinski definition) is 2. The number of likely N-dealkylation sites (N-methyl/N-ethyl adjacent to an activating group) is 1. The molecule has 0 aliphatic carbocycles. The van der Waals surface area contributed by atoms with Gasteiger partial charge in [-0.3, -0.25) is 9.59 Å². The zero-order valence-electron chi connectivity index (χ0n) is 16.7. The smallest absolute Gasteiger partial charge is 0.243 e. The monoisotopic (exact) mass is 481 g/mol. The molecular weight excluding hydrogens is 458 g/mol. The van der Waals surface area contributed by atoms with Crippen molar-refractivity contribution in [3.05, 3.63) is 57.6 Å². The summed E-state index contributed by atoms with van der Waals surface area (Å²) in [5.74, 6) is -0.971. The van der Waals surface area contributed by atoms with E-state index in [-0.39, 0.29) is 18.0 Å². The summed E-state index contributed by atoms with van der Waals surface area (Å²) >= 11 is 3.38. The summed E-state index contributed by atoms with van der Waals surface area (Å²) in [6.45, 7) is 4.97. The predicted octanol–water partition coefficient (Wildman–Crippen LogP) is 2.75. The Balaban J connectivity index is 1.91. The Morgan fingerprint density at radius 3 is 2.28 bits per heavy atom. The number of rotatable bonds is 7. The lowest BCUT2D eigenvalue weighted by molar-refractivity contribution is -0.124. The summed E-state index contributed by atoms with van der Waals surface area (Å²) < 4.78 is 27.2. The Morgan fingerprint density at radius 1 is 0.966 bits per heavy atom. The SMILES string of the molecule is Cc1ccc(S(=O)(=O)N(C)CC(=O)NCC(=O)Nc2ccc(Br)c(C)c2)cc1C. The van der Waals surface area contributed by atoms with E-state index in [4.69, 9.17) is 0 Å². The van der Waals surface area contributed by atoms with Gasteiger partial charge in [-0.15, -0.1) is 0 Å². The van der Waals surface area contributed by atoms with E-state index in [0.717, 1.165) is 25.5 Å². The van der Waals surface area contributed by atoms with E-state index in [0.29, 0.717) is 5.69 Å². The van der Waals surface area contributed by atoms with E-state index < -0.39 is 21.8 Å². The first kappa shape index (κ1) is 23.1. The third-order valence-electron chi connectivity index (χ3n) is 4.44. The van der Waals surface area contributed by atoms with E-state index in [1.807, 2.05) is 26.8 Å². The van der Waals surface area contributed by atoms with Crippen molar-refractivity contribution in [3.8, 4) is 0 Å². The third-order valence-corrected chi connectivity index (χ3v) is 7.13. The van der Waals surface area contributed by atoms with E-state index in [9.17, 15) is 18.0 Å². The molecule has 7 nitrogen and oxygen atoms in total. The topological polar surface area (TPSA) is 95.6 Å². The Labute approximate surface area is 179 Å². The molecule has 0 radical (unpaired) electrons. The second-order valence-corrected chi connectivity index (χ2v) is 9.70. The second kappa shape index (κ2) is 9.51. The molecule has 2 N–H and O–H groups in total. The molecule has 29 heavy (non-hydrogen) atoms. The summed E-state index contributed by atoms with van der Waals surface area (Å²) in [6.07, 6.45) is 0. The average molecular weight is 482 g/mol. The Morgan fingerprint density at radius 2 is 1.66 bits per heavy atom. The summed E-state index contributed by atoms with van der Waals surface area (Å²) in [5, 5.41) is 5.12. The molecule has 9 heteroatoms. The van der Waals surface area contributed by atoms with E-state index in [2.05, 4.69) is 26.6 Å². The molecule has 0 atom stereocenters. The Kier molecular flexibility index (Phi) is 7.56. The van der Waals surface area contributed by atoms with Gasteiger partial charge in [0.05, 0.1) is 18.0 Å². The molecule has 0 saturated heterocycles. The highest BCUT2D eigenvalue weighted by Crippen LogP contribution is 2.20. The van der Waals surface area contributed by atoms with Crippen molar-refractivity contribution in [1.29, 1.82) is 0 Å². The summed E-state index contributed by atoms with van der Waals surface area (Å²) in [4.78, 5) is 24.2. The van der Waals surface area contributed by atoms with Crippen LogP contribution in [0.3, 0.4) is 0 Å². The van der Waals surface area contributed by atoms with Gasteiger partial charge in [-0.05, 0) is 67.8 Å². The Hall–Kier alpha value is -2.23. The lowest BCUT2D eigenvalue weighted by Crippen LogP contribution is -2.41. The number of carbonyl (C=O) groups excluding carboxylic acids is 2. The van der Waals surface area contributed by atoms with Crippen LogP contribution in [0.25, 0.3) is 0 Å². The summed E-state index contributed by atoms with van der Waals surface area (Å²) in [6, 6.07) is 10.2. The number of halogens is 1. The maximum atomic E-state index is 12.6. The van der Waals surface area contributed by atoms with Crippen LogP contribution in [0.5, 0.6) is 0 Å². The van der Waals surface area contributed by atoms with Gasteiger partial charge in [0.1, 0.15) is 0 Å². The van der Waals surface area contributed by atoms with Crippen LogP contribution in [-0.2, 0) is 19.6 Å². The fourth-order valence-corrected chi connectivity index (χ4v) is 3.96. The first-order valence-corrected chi connectivity index (χ1v) is 11.1. The highest BCUT2D eigenvalue weighted by Gasteiger charge is 2.23. The van der Waals surface area contributed by atoms with Gasteiger partial charge in [0.15, 0.2) is 0 Å². The molecule has 0 aromatic heterocycles. The van der Waals surface area contributed by atoms with Crippen LogP contribution in [0.15, 0.2) is 45.8 Å². The predicted molar refractivity (Wildman–Crippen MR) is 116 cm³/mol. The molecule has 0 heterocycles. The van der Waals surface area contributed by atoms with E-state index >= 15 is 0 Å². The molecular formula is C20H24BrN3O4S. The van der Waals surface area contributed by atoms with Crippen LogP contribution >= 0.6 is 15.9 Å². The molecule has 0 unspecified atom stereocenters. The van der Waals surface area contributed by atoms with Gasteiger partial charge in [-0.25, -0.2) is 8.42 Å². The molecule has 2 rings (SSSR count). The number of benzene rings is 2. The zero-order chi connectivity index (χ0) is 21.8. The normalized spacial score (nSPS) is 11.4. The number of nitrogens with zero attached hydrogens (tertiary/aromatic N) is 1. The van der Waals surface area contributed by atoms with Crippen molar-refractivity contribution in [1.82, 2.24) is 9.62 Å². The molecule has 0 bridgehead atoms. The molecule has 2 aromatic carbocycles. The number of anilines is 1. The van der Waals surface area contributed by atoms with Crippen molar-refractivity contribution in [2.45, 2.75) is 25.7 Å². The molecule has 2 amide bonds. The van der Waals surface area contributed by atoms with Crippen molar-refractivity contribution < 1.29 is 18.0 Å². The molecule has 0 aliphatic rings. The summed E-state index contributed by atoms with van der Waals surface area (Å²) in [7, 11) is -2.47. The first-order valence-electron chi connectivity index (χ1n) is 8.87. The number of aryl methyl sites for hydroxylation is 3. The molecule has 0 spiro atoms. The number of sulfonamides is 1. The quantitative estimate of drug-likeness (QED) is 0.635. The van der Waals surface area contributed by atoms with Gasteiger partial charge < -0.3 is 10.6 Å². The van der Waals surface area contributed by atoms with Gasteiger partial charge in [0.2, 0.25) is 21.8 Å². The van der Waals surface area contributed by atoms with Crippen molar-refractivity contribution >= 4 is 43.5 Å². The number of nitrogens with one attached hydrogen (secondary N) is 2. The minimum absolute atomic E-state index is 0.124. The lowest BCUT2D eigenvalue weighted by atomic mass is 10.1. The van der Waals surface area contributed by atoms with Gasteiger partial charge in [0, 0.05) is 17.2 Å². The van der Waals surface area contributed by atoms with Gasteiger partial charge >= 0.3 is 0 Å². The second-order valence-electron chi connectivity index (χ2n) is 6.80. The molecule has 0 aliphatic heterocycles. The highest BCUT2D eigenvalue weighted by molar-refractivity contribution is 9.10. The van der Waals surface area contributed by atoms with Crippen LogP contribution in [0, 0.1) is 20.8 Å². The highest BCUT2D eigenvalue weighted by atomic mass is 79.9.